The summed E-state index contributed by atoms with van der Waals surface area (Å²) < 4.78 is 5.89. The summed E-state index contributed by atoms with van der Waals surface area (Å²) in [6, 6.07) is 24.0. The highest BCUT2D eigenvalue weighted by Crippen LogP contribution is 2.26. The fraction of sp³-hybridized carbons (Fsp3) is 0.105. The van der Waals surface area contributed by atoms with E-state index >= 15 is 0 Å². The summed E-state index contributed by atoms with van der Waals surface area (Å²) in [4.78, 5) is 6.54. The molecule has 0 aliphatic heterocycles. The Morgan fingerprint density at radius 3 is 2.27 bits per heavy atom. The Hall–Kier alpha value is -2.81. The Bertz CT molecular complexity index is 732. The zero-order chi connectivity index (χ0) is 15.2. The fourth-order valence-electron chi connectivity index (χ4n) is 2.28. The van der Waals surface area contributed by atoms with Gasteiger partial charge in [-0.3, -0.25) is 4.99 Å². The Balaban J connectivity index is 1.79. The van der Waals surface area contributed by atoms with Crippen molar-refractivity contribution in [3.05, 3.63) is 78.6 Å². The molecule has 0 saturated carbocycles. The molecule has 3 aromatic rings. The fourth-order valence-corrected chi connectivity index (χ4v) is 2.28. The first-order chi connectivity index (χ1) is 10.9. The predicted octanol–water partition coefficient (Wildman–Crippen LogP) is 5.19. The van der Waals surface area contributed by atoms with Crippen molar-refractivity contribution in [1.29, 1.82) is 0 Å². The quantitative estimate of drug-likeness (QED) is 0.605. The van der Waals surface area contributed by atoms with Crippen LogP contribution in [0.25, 0.3) is 0 Å². The minimum absolute atomic E-state index is 0.744. The van der Waals surface area contributed by atoms with Gasteiger partial charge in [0.1, 0.15) is 5.76 Å². The van der Waals surface area contributed by atoms with Crippen molar-refractivity contribution in [3.63, 3.8) is 0 Å². The molecule has 0 aliphatic rings. The molecule has 0 saturated heterocycles. The summed E-state index contributed by atoms with van der Waals surface area (Å²) in [5.74, 6) is 1.57. The molecule has 110 valence electrons. The van der Waals surface area contributed by atoms with Crippen molar-refractivity contribution >= 4 is 23.5 Å². The highest BCUT2D eigenvalue weighted by atomic mass is 16.4. The number of para-hydroxylation sites is 2. The number of rotatable bonds is 5. The van der Waals surface area contributed by atoms with Crippen molar-refractivity contribution in [1.82, 2.24) is 0 Å². The third kappa shape index (κ3) is 3.26. The monoisotopic (exact) mass is 290 g/mol. The van der Waals surface area contributed by atoms with Gasteiger partial charge in [0, 0.05) is 18.3 Å². The topological polar surface area (TPSA) is 28.7 Å². The maximum Gasteiger partial charge on any atom is 0.200 e. The van der Waals surface area contributed by atoms with Gasteiger partial charge in [-0.05, 0) is 37.3 Å². The first-order valence-corrected chi connectivity index (χ1v) is 7.38. The van der Waals surface area contributed by atoms with Crippen molar-refractivity contribution in [3.8, 4) is 0 Å². The Morgan fingerprint density at radius 2 is 1.59 bits per heavy atom. The number of hydrogen-bond acceptors (Lipinski definition) is 3. The van der Waals surface area contributed by atoms with Gasteiger partial charge in [-0.2, -0.15) is 0 Å². The van der Waals surface area contributed by atoms with Crippen LogP contribution in [0.4, 0.5) is 17.3 Å². The lowest BCUT2D eigenvalue weighted by atomic mass is 10.3. The van der Waals surface area contributed by atoms with Gasteiger partial charge in [0.2, 0.25) is 5.88 Å². The maximum absolute atomic E-state index is 5.89. The van der Waals surface area contributed by atoms with E-state index in [0.717, 1.165) is 29.6 Å². The van der Waals surface area contributed by atoms with E-state index in [0.29, 0.717) is 0 Å². The van der Waals surface area contributed by atoms with Crippen LogP contribution in [-0.2, 0) is 0 Å². The number of nitrogens with zero attached hydrogens (tertiary/aromatic N) is 2. The smallest absolute Gasteiger partial charge is 0.200 e. The molecule has 1 heterocycles. The van der Waals surface area contributed by atoms with E-state index in [9.17, 15) is 0 Å². The third-order valence-corrected chi connectivity index (χ3v) is 3.36. The van der Waals surface area contributed by atoms with E-state index in [2.05, 4.69) is 28.9 Å². The van der Waals surface area contributed by atoms with E-state index < -0.39 is 0 Å². The molecular formula is C19H18N2O. The normalized spacial score (nSPS) is 11.0. The van der Waals surface area contributed by atoms with E-state index in [1.54, 1.807) is 6.21 Å². The number of benzene rings is 2. The van der Waals surface area contributed by atoms with E-state index in [1.807, 2.05) is 60.7 Å². The molecule has 3 heteroatoms. The molecule has 0 aliphatic carbocycles. The lowest BCUT2D eigenvalue weighted by Gasteiger charge is -2.19. The molecule has 0 N–H and O–H groups in total. The molecule has 1 aromatic heterocycles. The predicted molar refractivity (Wildman–Crippen MR) is 91.5 cm³/mol. The van der Waals surface area contributed by atoms with E-state index in [4.69, 9.17) is 4.42 Å². The summed E-state index contributed by atoms with van der Waals surface area (Å²) in [5, 5.41) is 0. The number of hydrogen-bond donors (Lipinski definition) is 0. The van der Waals surface area contributed by atoms with Crippen LogP contribution in [0.5, 0.6) is 0 Å². The maximum atomic E-state index is 5.89. The summed E-state index contributed by atoms with van der Waals surface area (Å²) in [7, 11) is 0. The summed E-state index contributed by atoms with van der Waals surface area (Å²) in [6.45, 7) is 2.94. The second-order valence-corrected chi connectivity index (χ2v) is 4.85. The standard InChI is InChI=1S/C19H18N2O/c1-2-21(17-11-7-4-8-12-17)19-14-13-18(22-19)15-20-16-9-5-3-6-10-16/h3-15H,2H2,1H3. The summed E-state index contributed by atoms with van der Waals surface area (Å²) in [6.07, 6.45) is 1.75. The van der Waals surface area contributed by atoms with Gasteiger partial charge in [0.05, 0.1) is 11.9 Å². The highest BCUT2D eigenvalue weighted by molar-refractivity contribution is 5.79. The minimum Gasteiger partial charge on any atom is -0.439 e. The van der Waals surface area contributed by atoms with Crippen molar-refractivity contribution in [2.24, 2.45) is 4.99 Å². The minimum atomic E-state index is 0.744. The van der Waals surface area contributed by atoms with Gasteiger partial charge >= 0.3 is 0 Å². The third-order valence-electron chi connectivity index (χ3n) is 3.36. The Kier molecular flexibility index (Phi) is 4.35. The molecule has 3 rings (SSSR count). The van der Waals surface area contributed by atoms with Crippen LogP contribution >= 0.6 is 0 Å². The van der Waals surface area contributed by atoms with Crippen molar-refractivity contribution in [2.45, 2.75) is 6.92 Å². The second-order valence-electron chi connectivity index (χ2n) is 4.85. The van der Waals surface area contributed by atoms with Crippen LogP contribution < -0.4 is 4.90 Å². The molecule has 22 heavy (non-hydrogen) atoms. The lowest BCUT2D eigenvalue weighted by molar-refractivity contribution is 0.558. The molecule has 3 nitrogen and oxygen atoms in total. The Labute approximate surface area is 130 Å². The molecule has 0 amide bonds. The first-order valence-electron chi connectivity index (χ1n) is 7.38. The van der Waals surface area contributed by atoms with Gasteiger partial charge in [0.25, 0.3) is 0 Å². The van der Waals surface area contributed by atoms with Crippen LogP contribution in [0.3, 0.4) is 0 Å². The molecule has 0 radical (unpaired) electrons. The van der Waals surface area contributed by atoms with Crippen LogP contribution in [0.2, 0.25) is 0 Å². The van der Waals surface area contributed by atoms with Gasteiger partial charge in [-0.1, -0.05) is 36.4 Å². The molecule has 0 fully saturated rings. The SMILES string of the molecule is CCN(c1ccccc1)c1ccc(C=Nc2ccccc2)o1. The molecule has 0 spiro atoms. The summed E-state index contributed by atoms with van der Waals surface area (Å²) >= 11 is 0. The zero-order valence-corrected chi connectivity index (χ0v) is 12.5. The van der Waals surface area contributed by atoms with Crippen molar-refractivity contribution < 1.29 is 4.42 Å². The van der Waals surface area contributed by atoms with Crippen LogP contribution in [0.1, 0.15) is 12.7 Å². The zero-order valence-electron chi connectivity index (χ0n) is 12.5. The largest absolute Gasteiger partial charge is 0.439 e. The summed E-state index contributed by atoms with van der Waals surface area (Å²) in [5.41, 5.74) is 2.03. The second kappa shape index (κ2) is 6.76. The van der Waals surface area contributed by atoms with Crippen LogP contribution in [0.15, 0.2) is 82.2 Å². The molecular weight excluding hydrogens is 272 g/mol. The van der Waals surface area contributed by atoms with Gasteiger partial charge in [0.15, 0.2) is 0 Å². The van der Waals surface area contributed by atoms with Crippen molar-refractivity contribution in [2.75, 3.05) is 11.4 Å². The number of anilines is 2. The average molecular weight is 290 g/mol. The highest BCUT2D eigenvalue weighted by Gasteiger charge is 2.10. The average Bonchev–Trinajstić information content (AvgIpc) is 3.04. The number of aliphatic imine (C=N–C) groups is 1. The lowest BCUT2D eigenvalue weighted by Crippen LogP contribution is -2.14. The molecule has 2 aromatic carbocycles. The van der Waals surface area contributed by atoms with Gasteiger partial charge < -0.3 is 9.32 Å². The van der Waals surface area contributed by atoms with Gasteiger partial charge in [-0.15, -0.1) is 0 Å². The van der Waals surface area contributed by atoms with Crippen LogP contribution in [-0.4, -0.2) is 12.8 Å². The Morgan fingerprint density at radius 1 is 0.909 bits per heavy atom. The van der Waals surface area contributed by atoms with E-state index in [-0.39, 0.29) is 0 Å². The first kappa shape index (κ1) is 14.1. The van der Waals surface area contributed by atoms with E-state index in [1.165, 1.54) is 0 Å². The molecule has 0 unspecified atom stereocenters. The molecule has 0 atom stereocenters. The molecule has 0 bridgehead atoms. The number of furan rings is 1. The van der Waals surface area contributed by atoms with Gasteiger partial charge in [-0.25, -0.2) is 0 Å². The van der Waals surface area contributed by atoms with Crippen LogP contribution in [0, 0.1) is 0 Å².